The summed E-state index contributed by atoms with van der Waals surface area (Å²) in [5.74, 6) is 1.08. The molecule has 0 atom stereocenters. The molecule has 3 rings (SSSR count). The van der Waals surface area contributed by atoms with Crippen molar-refractivity contribution in [3.05, 3.63) is 35.4 Å². The van der Waals surface area contributed by atoms with Crippen molar-refractivity contribution in [2.24, 2.45) is 0 Å². The number of piperazine rings is 1. The number of nitrogens with one attached hydrogen (secondary N) is 1. The summed E-state index contributed by atoms with van der Waals surface area (Å²) >= 11 is 0. The molecule has 3 N–H and O–H groups in total. The molecule has 2 heterocycles. The Labute approximate surface area is 123 Å². The third-order valence-electron chi connectivity index (χ3n) is 3.71. The highest BCUT2D eigenvalue weighted by atomic mass is 15.4. The van der Waals surface area contributed by atoms with Crippen LogP contribution in [0.3, 0.4) is 0 Å². The molecule has 1 fully saturated rings. The van der Waals surface area contributed by atoms with Crippen molar-refractivity contribution in [1.29, 1.82) is 5.26 Å². The van der Waals surface area contributed by atoms with E-state index >= 15 is 0 Å². The highest BCUT2D eigenvalue weighted by Crippen LogP contribution is 2.27. The summed E-state index contributed by atoms with van der Waals surface area (Å²) in [7, 11) is 0. The van der Waals surface area contributed by atoms with Crippen LogP contribution in [0.5, 0.6) is 0 Å². The molecule has 2 aromatic rings. The van der Waals surface area contributed by atoms with Gasteiger partial charge in [-0.3, -0.25) is 0 Å². The number of benzene rings is 1. The highest BCUT2D eigenvalue weighted by Gasteiger charge is 2.22. The van der Waals surface area contributed by atoms with Gasteiger partial charge < -0.3 is 16.0 Å². The van der Waals surface area contributed by atoms with Crippen LogP contribution in [0.4, 0.5) is 11.6 Å². The molecule has 0 aliphatic carbocycles. The molecule has 0 radical (unpaired) electrons. The lowest BCUT2D eigenvalue weighted by Crippen LogP contribution is -2.44. The molecule has 1 saturated heterocycles. The number of nitriles is 1. The Morgan fingerprint density at radius 3 is 2.52 bits per heavy atom. The van der Waals surface area contributed by atoms with E-state index in [1.54, 1.807) is 4.68 Å². The Morgan fingerprint density at radius 1 is 1.24 bits per heavy atom. The van der Waals surface area contributed by atoms with Crippen LogP contribution in [-0.4, -0.2) is 36.0 Å². The average Bonchev–Trinajstić information content (AvgIpc) is 2.86. The molecule has 0 bridgehead atoms. The third kappa shape index (κ3) is 2.43. The van der Waals surface area contributed by atoms with Gasteiger partial charge in [0.1, 0.15) is 17.5 Å². The number of rotatable bonds is 2. The number of aryl methyl sites for hydroxylation is 1. The summed E-state index contributed by atoms with van der Waals surface area (Å²) in [6.45, 7) is 5.48. The molecule has 21 heavy (non-hydrogen) atoms. The Hall–Kier alpha value is -2.52. The Balaban J connectivity index is 2.04. The summed E-state index contributed by atoms with van der Waals surface area (Å²) in [6, 6.07) is 10.1. The number of aromatic nitrogens is 2. The van der Waals surface area contributed by atoms with Crippen molar-refractivity contribution in [1.82, 2.24) is 15.1 Å². The lowest BCUT2D eigenvalue weighted by atomic mass is 10.2. The van der Waals surface area contributed by atoms with E-state index in [4.69, 9.17) is 5.73 Å². The van der Waals surface area contributed by atoms with Crippen molar-refractivity contribution < 1.29 is 0 Å². The fourth-order valence-corrected chi connectivity index (χ4v) is 2.51. The van der Waals surface area contributed by atoms with Crippen molar-refractivity contribution in [3.63, 3.8) is 0 Å². The van der Waals surface area contributed by atoms with Gasteiger partial charge in [-0.05, 0) is 19.1 Å². The number of anilines is 2. The smallest absolute Gasteiger partial charge is 0.171 e. The van der Waals surface area contributed by atoms with Gasteiger partial charge in [0.25, 0.3) is 0 Å². The topological polar surface area (TPSA) is 82.9 Å². The first-order chi connectivity index (χ1) is 10.2. The maximum Gasteiger partial charge on any atom is 0.171 e. The van der Waals surface area contributed by atoms with E-state index in [1.165, 1.54) is 5.56 Å². The fraction of sp³-hybridized carbons (Fsp3) is 0.333. The SMILES string of the molecule is Cc1ccc(-n2nc(N3CCNCC3)c(C#N)c2N)cc1. The van der Waals surface area contributed by atoms with Crippen LogP contribution < -0.4 is 16.0 Å². The minimum absolute atomic E-state index is 0.398. The minimum Gasteiger partial charge on any atom is -0.382 e. The maximum absolute atomic E-state index is 9.41. The number of hydrogen-bond acceptors (Lipinski definition) is 5. The zero-order valence-corrected chi connectivity index (χ0v) is 12.0. The molecule has 0 unspecified atom stereocenters. The van der Waals surface area contributed by atoms with Gasteiger partial charge in [-0.25, -0.2) is 4.68 Å². The minimum atomic E-state index is 0.398. The quantitative estimate of drug-likeness (QED) is 0.860. The number of hydrogen-bond donors (Lipinski definition) is 2. The van der Waals surface area contributed by atoms with Crippen LogP contribution in [0.25, 0.3) is 5.69 Å². The van der Waals surface area contributed by atoms with Gasteiger partial charge in [-0.2, -0.15) is 5.26 Å². The van der Waals surface area contributed by atoms with Gasteiger partial charge >= 0.3 is 0 Å². The monoisotopic (exact) mass is 282 g/mol. The lowest BCUT2D eigenvalue weighted by molar-refractivity contribution is 0.583. The fourth-order valence-electron chi connectivity index (χ4n) is 2.51. The van der Waals surface area contributed by atoms with E-state index in [0.717, 1.165) is 31.9 Å². The largest absolute Gasteiger partial charge is 0.382 e. The first-order valence-corrected chi connectivity index (χ1v) is 7.02. The summed E-state index contributed by atoms with van der Waals surface area (Å²) in [5, 5.41) is 17.3. The zero-order chi connectivity index (χ0) is 14.8. The summed E-state index contributed by atoms with van der Waals surface area (Å²) < 4.78 is 1.65. The highest BCUT2D eigenvalue weighted by molar-refractivity contribution is 5.67. The first kappa shape index (κ1) is 13.5. The van der Waals surface area contributed by atoms with Crippen molar-refractivity contribution in [2.45, 2.75) is 6.92 Å². The van der Waals surface area contributed by atoms with Gasteiger partial charge in [0.05, 0.1) is 5.69 Å². The van der Waals surface area contributed by atoms with Gasteiger partial charge in [-0.1, -0.05) is 17.7 Å². The molecule has 1 aliphatic heterocycles. The second-order valence-electron chi connectivity index (χ2n) is 5.18. The van der Waals surface area contributed by atoms with Crippen LogP contribution in [0.1, 0.15) is 11.1 Å². The Morgan fingerprint density at radius 2 is 1.90 bits per heavy atom. The first-order valence-electron chi connectivity index (χ1n) is 7.02. The van der Waals surface area contributed by atoms with Crippen molar-refractivity contribution in [2.75, 3.05) is 36.8 Å². The Bertz CT molecular complexity index is 673. The molecule has 108 valence electrons. The van der Waals surface area contributed by atoms with Crippen LogP contribution in [-0.2, 0) is 0 Å². The van der Waals surface area contributed by atoms with Gasteiger partial charge in [-0.15, -0.1) is 5.10 Å². The van der Waals surface area contributed by atoms with E-state index in [0.29, 0.717) is 17.2 Å². The lowest BCUT2D eigenvalue weighted by Gasteiger charge is -2.27. The van der Waals surface area contributed by atoms with Crippen LogP contribution in [0, 0.1) is 18.3 Å². The second kappa shape index (κ2) is 5.46. The molecular weight excluding hydrogens is 264 g/mol. The standard InChI is InChI=1S/C15H18N6/c1-11-2-4-12(5-3-11)21-14(17)13(10-16)15(19-21)20-8-6-18-7-9-20/h2-5,18H,6-9,17H2,1H3. The number of nitrogens with zero attached hydrogens (tertiary/aromatic N) is 4. The van der Waals surface area contributed by atoms with E-state index in [-0.39, 0.29) is 0 Å². The Kier molecular flexibility index (Phi) is 3.50. The van der Waals surface area contributed by atoms with Gasteiger partial charge in [0, 0.05) is 26.2 Å². The molecule has 0 saturated carbocycles. The van der Waals surface area contributed by atoms with Crippen LogP contribution in [0.2, 0.25) is 0 Å². The molecule has 1 aliphatic rings. The summed E-state index contributed by atoms with van der Waals surface area (Å²) in [4.78, 5) is 2.11. The van der Waals surface area contributed by atoms with Crippen molar-refractivity contribution >= 4 is 11.6 Å². The average molecular weight is 282 g/mol. The molecule has 1 aromatic heterocycles. The predicted molar refractivity (Wildman–Crippen MR) is 82.5 cm³/mol. The molecule has 0 amide bonds. The summed E-state index contributed by atoms with van der Waals surface area (Å²) in [6.07, 6.45) is 0. The normalized spacial score (nSPS) is 15.0. The van der Waals surface area contributed by atoms with E-state index in [9.17, 15) is 5.26 Å². The summed E-state index contributed by atoms with van der Waals surface area (Å²) in [5.41, 5.74) is 8.63. The molecular formula is C15H18N6. The van der Waals surface area contributed by atoms with Crippen LogP contribution >= 0.6 is 0 Å². The second-order valence-corrected chi connectivity index (χ2v) is 5.18. The van der Waals surface area contributed by atoms with E-state index in [1.807, 2.05) is 31.2 Å². The number of nitrogens with two attached hydrogens (primary N) is 1. The molecule has 6 nitrogen and oxygen atoms in total. The maximum atomic E-state index is 9.41. The molecule has 0 spiro atoms. The predicted octanol–water partition coefficient (Wildman–Crippen LogP) is 1.04. The van der Waals surface area contributed by atoms with E-state index in [2.05, 4.69) is 21.4 Å². The third-order valence-corrected chi connectivity index (χ3v) is 3.71. The zero-order valence-electron chi connectivity index (χ0n) is 12.0. The van der Waals surface area contributed by atoms with Crippen molar-refractivity contribution in [3.8, 4) is 11.8 Å². The number of nitrogen functional groups attached to an aromatic ring is 1. The van der Waals surface area contributed by atoms with E-state index < -0.39 is 0 Å². The van der Waals surface area contributed by atoms with Gasteiger partial charge in [0.2, 0.25) is 0 Å². The molecule has 1 aromatic carbocycles. The van der Waals surface area contributed by atoms with Crippen LogP contribution in [0.15, 0.2) is 24.3 Å². The van der Waals surface area contributed by atoms with Gasteiger partial charge in [0.15, 0.2) is 5.82 Å². The molecule has 6 heteroatoms.